The van der Waals surface area contributed by atoms with Gasteiger partial charge in [-0.3, -0.25) is 19.4 Å². The van der Waals surface area contributed by atoms with Crippen LogP contribution < -0.4 is 5.32 Å². The van der Waals surface area contributed by atoms with Crippen molar-refractivity contribution in [3.63, 3.8) is 0 Å². The molecule has 8 heteroatoms. The minimum atomic E-state index is -1.13. The van der Waals surface area contributed by atoms with E-state index in [1.165, 1.54) is 34.9 Å². The van der Waals surface area contributed by atoms with E-state index in [9.17, 15) is 24.3 Å². The molecule has 0 spiro atoms. The molecule has 0 radical (unpaired) electrons. The zero-order valence-electron chi connectivity index (χ0n) is 15.8. The second kappa shape index (κ2) is 6.74. The Bertz CT molecular complexity index is 1450. The maximum absolute atomic E-state index is 13.3. The van der Waals surface area contributed by atoms with E-state index >= 15 is 0 Å². The van der Waals surface area contributed by atoms with Gasteiger partial charge in [0, 0.05) is 18.1 Å². The van der Waals surface area contributed by atoms with Crippen LogP contribution in [0.15, 0.2) is 67.0 Å². The summed E-state index contributed by atoms with van der Waals surface area (Å²) < 4.78 is 1.52. The van der Waals surface area contributed by atoms with Crippen LogP contribution in [0.25, 0.3) is 5.52 Å². The van der Waals surface area contributed by atoms with Gasteiger partial charge in [0.1, 0.15) is 11.4 Å². The molecule has 0 atom stereocenters. The molecule has 1 aliphatic carbocycles. The molecular formula is C23H13N3O5. The van der Waals surface area contributed by atoms with Gasteiger partial charge in [0.2, 0.25) is 11.6 Å². The van der Waals surface area contributed by atoms with Gasteiger partial charge in [0.05, 0.1) is 27.8 Å². The maximum Gasteiger partial charge on any atom is 0.335 e. The number of pyridine rings is 2. The van der Waals surface area contributed by atoms with Crippen molar-refractivity contribution in [1.29, 1.82) is 0 Å². The Balaban J connectivity index is 1.69. The molecule has 3 heterocycles. The lowest BCUT2D eigenvalue weighted by Gasteiger charge is -2.14. The molecule has 0 fully saturated rings. The molecular weight excluding hydrogens is 398 g/mol. The van der Waals surface area contributed by atoms with Crippen LogP contribution in [0.3, 0.4) is 0 Å². The van der Waals surface area contributed by atoms with Gasteiger partial charge < -0.3 is 14.8 Å². The average Bonchev–Trinajstić information content (AvgIpc) is 3.13. The number of anilines is 1. The van der Waals surface area contributed by atoms with Crippen LogP contribution in [0.4, 0.5) is 5.69 Å². The quantitative estimate of drug-likeness (QED) is 0.471. The van der Waals surface area contributed by atoms with E-state index in [2.05, 4.69) is 10.3 Å². The van der Waals surface area contributed by atoms with Crippen LogP contribution in [0.1, 0.15) is 52.8 Å². The van der Waals surface area contributed by atoms with Crippen LogP contribution in [0.5, 0.6) is 0 Å². The number of nitrogens with one attached hydrogen (secondary N) is 1. The van der Waals surface area contributed by atoms with Crippen LogP contribution in [0, 0.1) is 0 Å². The fraction of sp³-hybridized carbons (Fsp3) is 0. The van der Waals surface area contributed by atoms with Crippen molar-refractivity contribution in [3.05, 3.63) is 101 Å². The molecule has 1 aliphatic rings. The third-order valence-corrected chi connectivity index (χ3v) is 5.15. The number of aromatic carboxylic acids is 1. The van der Waals surface area contributed by atoms with Gasteiger partial charge in [0.25, 0.3) is 5.91 Å². The van der Waals surface area contributed by atoms with Crippen LogP contribution >= 0.6 is 0 Å². The fourth-order valence-corrected chi connectivity index (χ4v) is 3.82. The highest BCUT2D eigenvalue weighted by atomic mass is 16.4. The van der Waals surface area contributed by atoms with E-state index in [0.29, 0.717) is 5.52 Å². The minimum absolute atomic E-state index is 0.00201. The summed E-state index contributed by atoms with van der Waals surface area (Å²) in [6, 6.07) is 13.9. The lowest BCUT2D eigenvalue weighted by Crippen LogP contribution is -2.25. The van der Waals surface area contributed by atoms with Crippen molar-refractivity contribution in [3.8, 4) is 0 Å². The van der Waals surface area contributed by atoms with Gasteiger partial charge in [-0.1, -0.05) is 12.1 Å². The first-order valence-electron chi connectivity index (χ1n) is 9.29. The summed E-state index contributed by atoms with van der Waals surface area (Å²) in [5, 5.41) is 11.8. The van der Waals surface area contributed by atoms with Gasteiger partial charge in [-0.05, 0) is 42.5 Å². The molecule has 5 rings (SSSR count). The Kier molecular flexibility index (Phi) is 4.01. The number of benzene rings is 1. The molecule has 4 aromatic rings. The third-order valence-electron chi connectivity index (χ3n) is 5.15. The van der Waals surface area contributed by atoms with Crippen LogP contribution in [0.2, 0.25) is 0 Å². The summed E-state index contributed by atoms with van der Waals surface area (Å²) in [5.74, 6) is -2.68. The Morgan fingerprint density at radius 1 is 0.968 bits per heavy atom. The molecule has 0 aliphatic heterocycles. The summed E-state index contributed by atoms with van der Waals surface area (Å²) in [6.45, 7) is 0. The van der Waals surface area contributed by atoms with Crippen molar-refractivity contribution in [2.75, 3.05) is 5.32 Å². The average molecular weight is 411 g/mol. The predicted octanol–water partition coefficient (Wildman–Crippen LogP) is 3.06. The second-order valence-electron chi connectivity index (χ2n) is 6.95. The number of carbonyl (C=O) groups excluding carboxylic acids is 3. The molecule has 2 N–H and O–H groups in total. The van der Waals surface area contributed by atoms with Gasteiger partial charge in [-0.2, -0.15) is 0 Å². The van der Waals surface area contributed by atoms with Crippen molar-refractivity contribution >= 4 is 34.6 Å². The van der Waals surface area contributed by atoms with Crippen molar-refractivity contribution in [2.24, 2.45) is 0 Å². The Morgan fingerprint density at radius 3 is 2.61 bits per heavy atom. The van der Waals surface area contributed by atoms with Gasteiger partial charge in [0.15, 0.2) is 0 Å². The van der Waals surface area contributed by atoms with E-state index in [0.717, 1.165) is 0 Å². The van der Waals surface area contributed by atoms with Gasteiger partial charge in [-0.25, -0.2) is 4.79 Å². The van der Waals surface area contributed by atoms with Crippen LogP contribution in [-0.4, -0.2) is 37.9 Å². The number of fused-ring (bicyclic) bond motifs is 4. The Hall–Kier alpha value is -4.59. The molecule has 1 aromatic carbocycles. The molecule has 3 aromatic heterocycles. The monoisotopic (exact) mass is 411 g/mol. The predicted molar refractivity (Wildman–Crippen MR) is 110 cm³/mol. The molecule has 0 saturated carbocycles. The van der Waals surface area contributed by atoms with Gasteiger partial charge >= 0.3 is 5.97 Å². The number of rotatable bonds is 3. The number of carboxylic acid groups (broad SMARTS) is 1. The van der Waals surface area contributed by atoms with E-state index in [1.807, 2.05) is 0 Å². The number of carbonyl (C=O) groups is 4. The maximum atomic E-state index is 13.3. The van der Waals surface area contributed by atoms with Crippen molar-refractivity contribution < 1.29 is 24.3 Å². The Labute approximate surface area is 174 Å². The smallest absolute Gasteiger partial charge is 0.335 e. The molecule has 31 heavy (non-hydrogen) atoms. The first-order chi connectivity index (χ1) is 15.0. The molecule has 1 amide bonds. The lowest BCUT2D eigenvalue weighted by molar-refractivity contribution is 0.0696. The zero-order chi connectivity index (χ0) is 21.7. The zero-order valence-corrected chi connectivity index (χ0v) is 15.8. The highest BCUT2D eigenvalue weighted by Gasteiger charge is 2.38. The van der Waals surface area contributed by atoms with Crippen molar-refractivity contribution in [2.45, 2.75) is 0 Å². The number of aromatic nitrogens is 2. The topological polar surface area (TPSA) is 118 Å². The minimum Gasteiger partial charge on any atom is -0.478 e. The number of ketones is 2. The Morgan fingerprint density at radius 2 is 1.81 bits per heavy atom. The SMILES string of the molecule is O=C(O)c1cccc(NC(=O)c2c3c(n4ccccc24)C(=O)c2cccnc2C3=O)c1. The number of hydrogen-bond donors (Lipinski definition) is 2. The highest BCUT2D eigenvalue weighted by molar-refractivity contribution is 6.32. The van der Waals surface area contributed by atoms with E-state index in [1.54, 1.807) is 36.5 Å². The van der Waals surface area contributed by atoms with E-state index < -0.39 is 23.4 Å². The third kappa shape index (κ3) is 2.73. The summed E-state index contributed by atoms with van der Waals surface area (Å²) in [4.78, 5) is 55.0. The van der Waals surface area contributed by atoms with Crippen LogP contribution in [-0.2, 0) is 0 Å². The largest absolute Gasteiger partial charge is 0.478 e. The first kappa shape index (κ1) is 18.4. The van der Waals surface area contributed by atoms with Gasteiger partial charge in [-0.15, -0.1) is 0 Å². The number of hydrogen-bond acceptors (Lipinski definition) is 5. The van der Waals surface area contributed by atoms with E-state index in [-0.39, 0.29) is 39.3 Å². The van der Waals surface area contributed by atoms with E-state index in [4.69, 9.17) is 0 Å². The number of amides is 1. The summed E-state index contributed by atoms with van der Waals surface area (Å²) in [6.07, 6.45) is 3.03. The molecule has 8 nitrogen and oxygen atoms in total. The summed E-state index contributed by atoms with van der Waals surface area (Å²) in [5.41, 5.74) is 0.940. The standard InChI is InChI=1S/C23H13N3O5/c27-20-14-7-4-9-24-18(14)21(28)17-16(15-8-1-2-10-26(15)19(17)20)22(29)25-13-6-3-5-12(11-13)23(30)31/h1-11H,(H,25,29)(H,30,31). The number of nitrogens with zero attached hydrogens (tertiary/aromatic N) is 2. The first-order valence-corrected chi connectivity index (χ1v) is 9.29. The fourth-order valence-electron chi connectivity index (χ4n) is 3.82. The molecule has 150 valence electrons. The highest BCUT2D eigenvalue weighted by Crippen LogP contribution is 2.33. The summed E-state index contributed by atoms with van der Waals surface area (Å²) in [7, 11) is 0. The second-order valence-corrected chi connectivity index (χ2v) is 6.95. The van der Waals surface area contributed by atoms with Crippen molar-refractivity contribution in [1.82, 2.24) is 9.38 Å². The number of carboxylic acids is 1. The normalized spacial score (nSPS) is 12.4. The molecule has 0 bridgehead atoms. The molecule has 0 saturated heterocycles. The summed E-state index contributed by atoms with van der Waals surface area (Å²) >= 11 is 0. The lowest BCUT2D eigenvalue weighted by atomic mass is 9.89. The molecule has 0 unspecified atom stereocenters.